The summed E-state index contributed by atoms with van der Waals surface area (Å²) in [5.74, 6) is -0.410. The molecule has 0 unspecified atom stereocenters. The molecule has 6 heterocycles. The van der Waals surface area contributed by atoms with Gasteiger partial charge in [0, 0.05) is 36.1 Å². The van der Waals surface area contributed by atoms with Crippen molar-refractivity contribution in [3.05, 3.63) is 59.7 Å². The number of thiophene rings is 1. The Labute approximate surface area is 218 Å². The van der Waals surface area contributed by atoms with Gasteiger partial charge in [-0.05, 0) is 31.2 Å². The largest absolute Gasteiger partial charge is 0.336 e. The van der Waals surface area contributed by atoms with Gasteiger partial charge in [0.15, 0.2) is 17.3 Å². The van der Waals surface area contributed by atoms with E-state index in [0.29, 0.717) is 45.1 Å². The average Bonchev–Trinajstić information content (AvgIpc) is 3.67. The summed E-state index contributed by atoms with van der Waals surface area (Å²) in [5.41, 5.74) is 3.50. The van der Waals surface area contributed by atoms with Gasteiger partial charge in [-0.3, -0.25) is 24.7 Å². The van der Waals surface area contributed by atoms with E-state index < -0.39 is 5.82 Å². The minimum absolute atomic E-state index is 0.0219. The normalized spacial score (nSPS) is 11.3. The lowest BCUT2D eigenvalue weighted by atomic mass is 10.1. The van der Waals surface area contributed by atoms with E-state index in [4.69, 9.17) is 4.98 Å². The lowest BCUT2D eigenvalue weighted by Gasteiger charge is -2.07. The van der Waals surface area contributed by atoms with E-state index in [1.54, 1.807) is 31.3 Å². The first-order valence-electron chi connectivity index (χ1n) is 11.7. The molecule has 0 aliphatic heterocycles. The number of pyridine rings is 3. The number of halogens is 1. The fraction of sp³-hybridized carbons (Fsp3) is 0.115. The van der Waals surface area contributed by atoms with Crippen LogP contribution < -0.4 is 5.32 Å². The number of H-pyrrole nitrogens is 2. The van der Waals surface area contributed by atoms with Crippen molar-refractivity contribution >= 4 is 50.8 Å². The van der Waals surface area contributed by atoms with Crippen LogP contribution in [0.3, 0.4) is 0 Å². The second kappa shape index (κ2) is 9.23. The lowest BCUT2D eigenvalue weighted by molar-refractivity contribution is -0.115. The molecule has 188 valence electrons. The number of Topliss-reactive ketones (excluding diaryl/α,β-unsaturated/α-hetero) is 1. The highest BCUT2D eigenvalue weighted by Crippen LogP contribution is 2.35. The van der Waals surface area contributed by atoms with Gasteiger partial charge < -0.3 is 10.3 Å². The van der Waals surface area contributed by atoms with E-state index in [1.165, 1.54) is 36.9 Å². The third kappa shape index (κ3) is 4.00. The Balaban J connectivity index is 1.45. The van der Waals surface area contributed by atoms with Crippen LogP contribution >= 0.6 is 11.3 Å². The second-order valence-corrected chi connectivity index (χ2v) is 9.59. The molecule has 3 N–H and O–H groups in total. The monoisotopic (exact) mass is 526 g/mol. The van der Waals surface area contributed by atoms with E-state index in [-0.39, 0.29) is 34.0 Å². The molecule has 0 spiro atoms. The smallest absolute Gasteiger partial charge is 0.224 e. The summed E-state index contributed by atoms with van der Waals surface area (Å²) in [4.78, 5) is 45.9. The molecule has 0 atom stereocenters. The summed E-state index contributed by atoms with van der Waals surface area (Å²) in [6, 6.07) is 7.01. The quantitative estimate of drug-likeness (QED) is 0.247. The highest BCUT2D eigenvalue weighted by atomic mass is 32.1. The van der Waals surface area contributed by atoms with Gasteiger partial charge in [0.25, 0.3) is 0 Å². The molecule has 1 amide bonds. The van der Waals surface area contributed by atoms with Gasteiger partial charge in [0.05, 0.1) is 32.5 Å². The summed E-state index contributed by atoms with van der Waals surface area (Å²) >= 11 is 1.34. The first-order valence-corrected chi connectivity index (χ1v) is 12.5. The molecule has 0 fully saturated rings. The van der Waals surface area contributed by atoms with Crippen LogP contribution in [0.4, 0.5) is 10.1 Å². The second-order valence-electron chi connectivity index (χ2n) is 8.51. The average molecular weight is 527 g/mol. The lowest BCUT2D eigenvalue weighted by Crippen LogP contribution is -2.09. The zero-order chi connectivity index (χ0) is 26.4. The molecule has 12 heteroatoms. The maximum absolute atomic E-state index is 16.0. The summed E-state index contributed by atoms with van der Waals surface area (Å²) in [6.45, 7) is 3.26. The van der Waals surface area contributed by atoms with Crippen molar-refractivity contribution in [2.75, 3.05) is 5.32 Å². The van der Waals surface area contributed by atoms with Crippen LogP contribution in [0.25, 0.3) is 55.3 Å². The van der Waals surface area contributed by atoms with Gasteiger partial charge in [-0.1, -0.05) is 6.92 Å². The molecular formula is C26H19FN8O2S. The highest BCUT2D eigenvalue weighted by molar-refractivity contribution is 7.17. The third-order valence-corrected chi connectivity index (χ3v) is 7.18. The van der Waals surface area contributed by atoms with Crippen LogP contribution in [0.5, 0.6) is 0 Å². The summed E-state index contributed by atoms with van der Waals surface area (Å²) < 4.78 is 16.0. The number of nitrogens with one attached hydrogen (secondary N) is 3. The van der Waals surface area contributed by atoms with Crippen molar-refractivity contribution < 1.29 is 14.0 Å². The minimum atomic E-state index is -0.553. The van der Waals surface area contributed by atoms with Gasteiger partial charge in [0.1, 0.15) is 22.7 Å². The number of carbonyl (C=O) groups excluding carboxylic acids is 2. The van der Waals surface area contributed by atoms with Crippen molar-refractivity contribution in [1.29, 1.82) is 0 Å². The Hall–Kier alpha value is -4.84. The van der Waals surface area contributed by atoms with Gasteiger partial charge in [-0.25, -0.2) is 14.4 Å². The number of aromatic nitrogens is 7. The van der Waals surface area contributed by atoms with Crippen molar-refractivity contribution in [2.45, 2.75) is 20.3 Å². The zero-order valence-corrected chi connectivity index (χ0v) is 21.0. The Morgan fingerprint density at radius 2 is 1.97 bits per heavy atom. The maximum Gasteiger partial charge on any atom is 0.224 e. The first kappa shape index (κ1) is 23.6. The van der Waals surface area contributed by atoms with Crippen molar-refractivity contribution in [1.82, 2.24) is 35.1 Å². The van der Waals surface area contributed by atoms with Crippen LogP contribution in [-0.4, -0.2) is 46.8 Å². The molecule has 38 heavy (non-hydrogen) atoms. The molecule has 10 nitrogen and oxygen atoms in total. The highest BCUT2D eigenvalue weighted by Gasteiger charge is 2.22. The zero-order valence-electron chi connectivity index (χ0n) is 20.2. The van der Waals surface area contributed by atoms with E-state index >= 15 is 4.39 Å². The van der Waals surface area contributed by atoms with E-state index in [0.717, 1.165) is 4.88 Å². The van der Waals surface area contributed by atoms with Crippen LogP contribution in [0.15, 0.2) is 49.1 Å². The number of fused-ring (bicyclic) bond motifs is 2. The predicted octanol–water partition coefficient (Wildman–Crippen LogP) is 5.38. The maximum atomic E-state index is 16.0. The number of nitrogens with zero attached hydrogens (tertiary/aromatic N) is 5. The van der Waals surface area contributed by atoms with Gasteiger partial charge in [-0.15, -0.1) is 11.3 Å². The Kier molecular flexibility index (Phi) is 5.72. The van der Waals surface area contributed by atoms with Crippen molar-refractivity contribution in [3.8, 4) is 33.2 Å². The number of anilines is 1. The number of hydrogen-bond acceptors (Lipinski definition) is 8. The molecule has 0 saturated heterocycles. The summed E-state index contributed by atoms with van der Waals surface area (Å²) in [5, 5.41) is 9.96. The summed E-state index contributed by atoms with van der Waals surface area (Å²) in [7, 11) is 0. The molecule has 0 aliphatic rings. The fourth-order valence-electron chi connectivity index (χ4n) is 4.11. The molecule has 0 saturated carbocycles. The van der Waals surface area contributed by atoms with E-state index in [9.17, 15) is 9.59 Å². The van der Waals surface area contributed by atoms with E-state index in [2.05, 4.69) is 35.5 Å². The van der Waals surface area contributed by atoms with E-state index in [1.807, 2.05) is 6.07 Å². The molecule has 0 aromatic carbocycles. The van der Waals surface area contributed by atoms with Gasteiger partial charge in [-0.2, -0.15) is 5.10 Å². The fourth-order valence-corrected chi connectivity index (χ4v) is 5.01. The third-order valence-electron chi connectivity index (χ3n) is 5.99. The Morgan fingerprint density at radius 1 is 1.11 bits per heavy atom. The molecule has 0 aliphatic carbocycles. The van der Waals surface area contributed by atoms with Gasteiger partial charge >= 0.3 is 0 Å². The Morgan fingerprint density at radius 3 is 2.76 bits per heavy atom. The van der Waals surface area contributed by atoms with Crippen LogP contribution in [-0.2, 0) is 4.79 Å². The number of imidazole rings is 1. The number of hydrogen-bond donors (Lipinski definition) is 3. The molecule has 6 aromatic heterocycles. The van der Waals surface area contributed by atoms with Crippen molar-refractivity contribution in [2.24, 2.45) is 0 Å². The molecule has 0 radical (unpaired) electrons. The van der Waals surface area contributed by atoms with Crippen molar-refractivity contribution in [3.63, 3.8) is 0 Å². The number of amides is 1. The number of aromatic amines is 2. The Bertz CT molecular complexity index is 1870. The SMILES string of the molecule is CCC(=O)Nc1cncc(-c2cnc3[nH]nc(-c4nc5c(-c6ccc(C(C)=O)s6)nccc5[nH]4)c3c2F)c1. The van der Waals surface area contributed by atoms with Gasteiger partial charge in [0.2, 0.25) is 5.91 Å². The predicted molar refractivity (Wildman–Crippen MR) is 142 cm³/mol. The standard InChI is InChI=1S/C26H19FN8O2S/c1-3-19(37)31-14-8-13(9-28-10-14)15-11-30-25-20(21(15)27)24(34-35-25)26-32-16-6-7-29-23(22(16)33-26)18-5-4-17(38-18)12(2)36/h4-11H,3H2,1-2H3,(H,31,37)(H,32,33)(H,30,34,35). The number of ketones is 1. The first-order chi connectivity index (χ1) is 18.4. The minimum Gasteiger partial charge on any atom is -0.336 e. The number of carbonyl (C=O) groups is 2. The molecule has 6 aromatic rings. The van der Waals surface area contributed by atoms with Crippen LogP contribution in [0.1, 0.15) is 29.9 Å². The number of rotatable bonds is 6. The summed E-state index contributed by atoms with van der Waals surface area (Å²) in [6.07, 6.45) is 6.35. The topological polar surface area (TPSA) is 142 Å². The molecule has 0 bridgehead atoms. The van der Waals surface area contributed by atoms with Crippen LogP contribution in [0.2, 0.25) is 0 Å². The molecule has 6 rings (SSSR count). The van der Waals surface area contributed by atoms with Crippen LogP contribution in [0, 0.1) is 5.82 Å². The molecular weight excluding hydrogens is 507 g/mol.